The number of aliphatic hydroxyl groups is 1. The number of ether oxygens (including phenoxy) is 1. The van der Waals surface area contributed by atoms with Crippen molar-refractivity contribution in [3.8, 4) is 17.3 Å². The number of piperidine rings is 1. The number of rotatable bonds is 5. The minimum Gasteiger partial charge on any atom is -0.392 e. The number of likely N-dealkylation sites (tertiary alicyclic amines) is 2. The monoisotopic (exact) mass is 659 g/mol. The summed E-state index contributed by atoms with van der Waals surface area (Å²) in [7, 11) is 2.12. The predicted octanol–water partition coefficient (Wildman–Crippen LogP) is 3.60. The number of likely N-dealkylation sites (N-methyl/N-ethyl adjacent to an activating group) is 1. The summed E-state index contributed by atoms with van der Waals surface area (Å²) in [5.41, 5.74) is 8.19. The van der Waals surface area contributed by atoms with Gasteiger partial charge in [0.05, 0.1) is 46.9 Å². The number of benzene rings is 1. The number of thiophene rings is 1. The average molecular weight is 660 g/mol. The first-order valence-corrected chi connectivity index (χ1v) is 17.1. The lowest BCUT2D eigenvalue weighted by Gasteiger charge is -2.55. The SMILES string of the molecule is CC(O)CN1CC2CCC(C1)N2c1nc(N2C3CC2CN(C)C3)nc2c(F)c(-c3ncc(F)c4sc(N)c(C#N)c34)c3c(c12)COC3. The second kappa shape index (κ2) is 10.6. The molecule has 8 heterocycles. The number of piperazine rings is 2. The molecular formula is C33H35F2N9O2S. The predicted molar refractivity (Wildman–Crippen MR) is 175 cm³/mol. The van der Waals surface area contributed by atoms with Crippen LogP contribution in [0.1, 0.15) is 42.9 Å². The number of halogens is 2. The van der Waals surface area contributed by atoms with Gasteiger partial charge in [-0.3, -0.25) is 9.88 Å². The molecular weight excluding hydrogens is 624 g/mol. The van der Waals surface area contributed by atoms with Crippen LogP contribution < -0.4 is 15.5 Å². The van der Waals surface area contributed by atoms with Crippen LogP contribution in [0.2, 0.25) is 0 Å². The van der Waals surface area contributed by atoms with Crippen LogP contribution in [0.3, 0.4) is 0 Å². The Bertz CT molecular complexity index is 1990. The molecule has 5 atom stereocenters. The molecule has 5 aliphatic heterocycles. The molecule has 3 aromatic heterocycles. The summed E-state index contributed by atoms with van der Waals surface area (Å²) in [6, 6.07) is 2.90. The first-order chi connectivity index (χ1) is 22.7. The minimum atomic E-state index is -0.609. The van der Waals surface area contributed by atoms with Gasteiger partial charge in [0.2, 0.25) is 5.95 Å². The summed E-state index contributed by atoms with van der Waals surface area (Å²) in [6.45, 7) is 6.15. The zero-order valence-corrected chi connectivity index (χ0v) is 27.0. The molecule has 5 unspecified atom stereocenters. The van der Waals surface area contributed by atoms with E-state index in [2.05, 4.69) is 37.7 Å². The van der Waals surface area contributed by atoms with E-state index < -0.39 is 17.7 Å². The summed E-state index contributed by atoms with van der Waals surface area (Å²) >= 11 is 0.964. The molecule has 0 saturated carbocycles. The molecule has 4 fully saturated rings. The van der Waals surface area contributed by atoms with Crippen LogP contribution >= 0.6 is 11.3 Å². The number of aliphatic hydroxyl groups excluding tert-OH is 1. The van der Waals surface area contributed by atoms with Crippen LogP contribution in [0.4, 0.5) is 25.5 Å². The number of anilines is 3. The van der Waals surface area contributed by atoms with Crippen molar-refractivity contribution in [3.05, 3.63) is 34.5 Å². The van der Waals surface area contributed by atoms with E-state index in [4.69, 9.17) is 20.4 Å². The Labute approximate surface area is 274 Å². The maximum absolute atomic E-state index is 17.5. The van der Waals surface area contributed by atoms with Gasteiger partial charge in [0.1, 0.15) is 22.4 Å². The van der Waals surface area contributed by atoms with Crippen LogP contribution in [0, 0.1) is 23.0 Å². The molecule has 244 valence electrons. The highest BCUT2D eigenvalue weighted by Crippen LogP contribution is 2.49. The Morgan fingerprint density at radius 1 is 1.06 bits per heavy atom. The van der Waals surface area contributed by atoms with Gasteiger partial charge in [-0.1, -0.05) is 0 Å². The third-order valence-electron chi connectivity index (χ3n) is 10.7. The zero-order valence-electron chi connectivity index (χ0n) is 26.2. The Hall–Kier alpha value is -3.74. The minimum absolute atomic E-state index is 0.0902. The number of nitrogen functional groups attached to an aromatic ring is 1. The van der Waals surface area contributed by atoms with Crippen LogP contribution in [0.25, 0.3) is 32.2 Å². The number of aromatic nitrogens is 3. The van der Waals surface area contributed by atoms with E-state index in [0.717, 1.165) is 74.4 Å². The molecule has 5 aliphatic rings. The van der Waals surface area contributed by atoms with Gasteiger partial charge >= 0.3 is 0 Å². The number of nitriles is 1. The van der Waals surface area contributed by atoms with Gasteiger partial charge in [0.15, 0.2) is 11.6 Å². The lowest BCUT2D eigenvalue weighted by Crippen LogP contribution is -2.68. The summed E-state index contributed by atoms with van der Waals surface area (Å²) in [4.78, 5) is 24.0. The first kappa shape index (κ1) is 29.4. The van der Waals surface area contributed by atoms with Crippen molar-refractivity contribution < 1.29 is 18.6 Å². The molecule has 4 saturated heterocycles. The van der Waals surface area contributed by atoms with E-state index in [-0.39, 0.29) is 74.8 Å². The Balaban J connectivity index is 1.29. The topological polar surface area (TPSA) is 131 Å². The smallest absolute Gasteiger partial charge is 0.228 e. The molecule has 47 heavy (non-hydrogen) atoms. The number of nitrogens with zero attached hydrogens (tertiary/aromatic N) is 8. The summed E-state index contributed by atoms with van der Waals surface area (Å²) in [5.74, 6) is 0.0639. The summed E-state index contributed by atoms with van der Waals surface area (Å²) < 4.78 is 38.7. The molecule has 0 aliphatic carbocycles. The van der Waals surface area contributed by atoms with E-state index in [1.54, 1.807) is 0 Å². The molecule has 0 amide bonds. The van der Waals surface area contributed by atoms with E-state index in [9.17, 15) is 10.4 Å². The number of nitrogens with two attached hydrogens (primary N) is 1. The van der Waals surface area contributed by atoms with Gasteiger partial charge in [0, 0.05) is 67.8 Å². The highest BCUT2D eigenvalue weighted by molar-refractivity contribution is 7.23. The normalized spacial score (nSPS) is 26.2. The van der Waals surface area contributed by atoms with E-state index in [1.807, 2.05) is 6.92 Å². The van der Waals surface area contributed by atoms with Crippen molar-refractivity contribution >= 4 is 49.1 Å². The van der Waals surface area contributed by atoms with E-state index >= 15 is 8.78 Å². The number of hydrogen-bond acceptors (Lipinski definition) is 12. The largest absolute Gasteiger partial charge is 0.392 e. The number of fused-ring (bicyclic) bond motifs is 8. The maximum atomic E-state index is 17.5. The second-order valence-corrected chi connectivity index (χ2v) is 14.9. The maximum Gasteiger partial charge on any atom is 0.228 e. The van der Waals surface area contributed by atoms with Gasteiger partial charge in [0.25, 0.3) is 0 Å². The number of hydrogen-bond donors (Lipinski definition) is 2. The van der Waals surface area contributed by atoms with Crippen LogP contribution in [0.15, 0.2) is 6.20 Å². The van der Waals surface area contributed by atoms with Crippen molar-refractivity contribution in [1.29, 1.82) is 5.26 Å². The van der Waals surface area contributed by atoms with Gasteiger partial charge in [-0.25, -0.2) is 13.8 Å². The summed E-state index contributed by atoms with van der Waals surface area (Å²) in [6.07, 6.45) is 3.66. The fraction of sp³-hybridized carbons (Fsp3) is 0.515. The molecule has 14 heteroatoms. The molecule has 9 rings (SSSR count). The van der Waals surface area contributed by atoms with Crippen LogP contribution in [-0.2, 0) is 18.0 Å². The van der Waals surface area contributed by atoms with Crippen LogP contribution in [0.5, 0.6) is 0 Å². The highest BCUT2D eigenvalue weighted by Gasteiger charge is 2.47. The fourth-order valence-electron chi connectivity index (χ4n) is 8.94. The van der Waals surface area contributed by atoms with Gasteiger partial charge in [-0.2, -0.15) is 10.2 Å². The van der Waals surface area contributed by atoms with Crippen molar-refractivity contribution in [1.82, 2.24) is 24.8 Å². The third-order valence-corrected chi connectivity index (χ3v) is 11.8. The highest BCUT2D eigenvalue weighted by atomic mass is 32.1. The molecule has 11 nitrogen and oxygen atoms in total. The quantitative estimate of drug-likeness (QED) is 0.326. The van der Waals surface area contributed by atoms with Crippen molar-refractivity contribution in [2.75, 3.05) is 55.3 Å². The molecule has 1 aromatic carbocycles. The lowest BCUT2D eigenvalue weighted by molar-refractivity contribution is 0.111. The third kappa shape index (κ3) is 4.30. The van der Waals surface area contributed by atoms with Crippen molar-refractivity contribution in [3.63, 3.8) is 0 Å². The van der Waals surface area contributed by atoms with E-state index in [1.165, 1.54) is 0 Å². The Morgan fingerprint density at radius 2 is 1.79 bits per heavy atom. The summed E-state index contributed by atoms with van der Waals surface area (Å²) in [5, 5.41) is 21.1. The van der Waals surface area contributed by atoms with Gasteiger partial charge in [-0.05, 0) is 44.4 Å². The zero-order chi connectivity index (χ0) is 32.3. The Kier molecular flexibility index (Phi) is 6.65. The fourth-order valence-corrected chi connectivity index (χ4v) is 9.86. The van der Waals surface area contributed by atoms with Gasteiger partial charge < -0.3 is 30.3 Å². The number of pyridine rings is 1. The standard InChI is InChI=1S/C33H35F2N9O2S/c1-15(45)8-42-11-16-3-4-17(12-42)43(16)32-26-22-14-46-13-21(22)24(28-25-20(6-36)31(37)47-30(25)23(34)7-38-28)27(35)29(26)39-33(40-32)44-18-5-19(44)10-41(2)9-18/h7,15-19,45H,3-5,8-14,37H2,1-2H3. The molecule has 0 spiro atoms. The molecule has 3 N–H and O–H groups in total. The van der Waals surface area contributed by atoms with E-state index in [0.29, 0.717) is 23.4 Å². The van der Waals surface area contributed by atoms with Gasteiger partial charge in [-0.15, -0.1) is 11.3 Å². The molecule has 4 aromatic rings. The Morgan fingerprint density at radius 3 is 2.49 bits per heavy atom. The van der Waals surface area contributed by atoms with Crippen molar-refractivity contribution in [2.24, 2.45) is 0 Å². The second-order valence-electron chi connectivity index (χ2n) is 13.9. The van der Waals surface area contributed by atoms with Crippen LogP contribution in [-0.4, -0.2) is 99.9 Å². The van der Waals surface area contributed by atoms with Crippen molar-refractivity contribution in [2.45, 2.75) is 69.7 Å². The average Bonchev–Trinajstić information content (AvgIpc) is 3.71. The first-order valence-electron chi connectivity index (χ1n) is 16.3. The molecule has 0 radical (unpaired) electrons. The number of β-amino-alcohol motifs (C(OH)–C–C–N with tert-alkyl or cyclic N) is 1. The molecule has 4 bridgehead atoms. The lowest BCUT2D eigenvalue weighted by atomic mass is 9.88.